The molecule has 9 heteroatoms. The lowest BCUT2D eigenvalue weighted by Gasteiger charge is -2.34. The Kier molecular flexibility index (Phi) is 6.31. The third-order valence-electron chi connectivity index (χ3n) is 5.28. The largest absolute Gasteiger partial charge is 0.486 e. The highest BCUT2D eigenvalue weighted by molar-refractivity contribution is 9.10. The van der Waals surface area contributed by atoms with Gasteiger partial charge in [0.2, 0.25) is 15.9 Å². The second kappa shape index (κ2) is 8.95. The summed E-state index contributed by atoms with van der Waals surface area (Å²) in [6.45, 7) is 2.45. The van der Waals surface area contributed by atoms with Gasteiger partial charge in [0.15, 0.2) is 11.5 Å². The van der Waals surface area contributed by atoms with Gasteiger partial charge in [0, 0.05) is 37.1 Å². The number of ether oxygens (including phenoxy) is 2. The maximum absolute atomic E-state index is 12.9. The molecule has 0 aromatic heterocycles. The summed E-state index contributed by atoms with van der Waals surface area (Å²) >= 11 is 3.31. The van der Waals surface area contributed by atoms with Crippen LogP contribution in [0.3, 0.4) is 0 Å². The lowest BCUT2D eigenvalue weighted by atomic mass is 10.1. The summed E-state index contributed by atoms with van der Waals surface area (Å²) in [6, 6.07) is 12.5. The van der Waals surface area contributed by atoms with Crippen molar-refractivity contribution >= 4 is 31.9 Å². The summed E-state index contributed by atoms with van der Waals surface area (Å²) in [5.41, 5.74) is 1.02. The normalized spacial score (nSPS) is 17.0. The van der Waals surface area contributed by atoms with Crippen molar-refractivity contribution in [2.75, 3.05) is 39.4 Å². The molecular weight excluding hydrogens is 472 g/mol. The van der Waals surface area contributed by atoms with Crippen LogP contribution in [0.2, 0.25) is 0 Å². The van der Waals surface area contributed by atoms with E-state index >= 15 is 0 Å². The van der Waals surface area contributed by atoms with Crippen LogP contribution in [0.5, 0.6) is 11.5 Å². The predicted octanol–water partition coefficient (Wildman–Crippen LogP) is 2.69. The van der Waals surface area contributed by atoms with Gasteiger partial charge in [-0.3, -0.25) is 4.79 Å². The van der Waals surface area contributed by atoms with Crippen LogP contribution in [0, 0.1) is 0 Å². The van der Waals surface area contributed by atoms with Crippen molar-refractivity contribution in [3.05, 3.63) is 52.5 Å². The molecule has 0 spiro atoms. The standard InChI is InChI=1S/C21H23BrN2O5S/c22-17-3-1-2-4-20(17)30(26,27)24-11-9-23(10-12-24)21(25)8-6-16-5-7-18-19(15-16)29-14-13-28-18/h1-5,7,15H,6,8-14H2. The summed E-state index contributed by atoms with van der Waals surface area (Å²) in [4.78, 5) is 14.6. The average molecular weight is 495 g/mol. The monoisotopic (exact) mass is 494 g/mol. The molecule has 2 aliphatic rings. The van der Waals surface area contributed by atoms with E-state index in [4.69, 9.17) is 9.47 Å². The molecule has 2 aliphatic heterocycles. The number of fused-ring (bicyclic) bond motifs is 1. The molecule has 160 valence electrons. The minimum absolute atomic E-state index is 0.0304. The predicted molar refractivity (Wildman–Crippen MR) is 115 cm³/mol. The first kappa shape index (κ1) is 21.1. The number of hydrogen-bond acceptors (Lipinski definition) is 5. The van der Waals surface area contributed by atoms with E-state index in [-0.39, 0.29) is 10.8 Å². The van der Waals surface area contributed by atoms with Crippen LogP contribution in [-0.2, 0) is 21.2 Å². The maximum atomic E-state index is 12.9. The number of amides is 1. The Morgan fingerprint density at radius 1 is 0.967 bits per heavy atom. The number of carbonyl (C=O) groups excluding carboxylic acids is 1. The van der Waals surface area contributed by atoms with Crippen LogP contribution < -0.4 is 9.47 Å². The van der Waals surface area contributed by atoms with Crippen molar-refractivity contribution in [3.8, 4) is 11.5 Å². The van der Waals surface area contributed by atoms with E-state index in [1.807, 2.05) is 18.2 Å². The Morgan fingerprint density at radius 2 is 1.67 bits per heavy atom. The summed E-state index contributed by atoms with van der Waals surface area (Å²) in [5, 5.41) is 0. The Balaban J connectivity index is 1.32. The Labute approximate surface area is 184 Å². The molecule has 0 atom stereocenters. The molecule has 0 aliphatic carbocycles. The maximum Gasteiger partial charge on any atom is 0.244 e. The van der Waals surface area contributed by atoms with Crippen LogP contribution >= 0.6 is 15.9 Å². The lowest BCUT2D eigenvalue weighted by molar-refractivity contribution is -0.132. The first-order chi connectivity index (χ1) is 14.4. The molecule has 4 rings (SSSR count). The second-order valence-corrected chi connectivity index (χ2v) is 9.95. The van der Waals surface area contributed by atoms with Crippen LogP contribution in [0.25, 0.3) is 0 Å². The molecule has 2 aromatic carbocycles. The molecule has 0 unspecified atom stereocenters. The van der Waals surface area contributed by atoms with E-state index in [0.29, 0.717) is 56.7 Å². The van der Waals surface area contributed by atoms with Gasteiger partial charge in [-0.1, -0.05) is 18.2 Å². The van der Waals surface area contributed by atoms with Gasteiger partial charge in [-0.05, 0) is 52.2 Å². The van der Waals surface area contributed by atoms with Crippen molar-refractivity contribution < 1.29 is 22.7 Å². The van der Waals surface area contributed by atoms with Crippen LogP contribution in [0.15, 0.2) is 51.8 Å². The molecule has 1 saturated heterocycles. The third-order valence-corrected chi connectivity index (χ3v) is 8.19. The Hall–Kier alpha value is -2.10. The molecule has 1 fully saturated rings. The van der Waals surface area contributed by atoms with Gasteiger partial charge in [-0.2, -0.15) is 4.31 Å². The first-order valence-electron chi connectivity index (χ1n) is 9.86. The minimum atomic E-state index is -3.58. The number of carbonyl (C=O) groups is 1. The molecule has 2 aromatic rings. The van der Waals surface area contributed by atoms with Gasteiger partial charge >= 0.3 is 0 Å². The molecule has 7 nitrogen and oxygen atoms in total. The van der Waals surface area contributed by atoms with Gasteiger partial charge in [-0.15, -0.1) is 0 Å². The fraction of sp³-hybridized carbons (Fsp3) is 0.381. The van der Waals surface area contributed by atoms with Crippen LogP contribution in [-0.4, -0.2) is 62.9 Å². The topological polar surface area (TPSA) is 76.2 Å². The summed E-state index contributed by atoms with van der Waals surface area (Å²) in [7, 11) is -3.58. The highest BCUT2D eigenvalue weighted by Crippen LogP contribution is 2.31. The fourth-order valence-corrected chi connectivity index (χ4v) is 6.01. The van der Waals surface area contributed by atoms with Crippen molar-refractivity contribution in [1.29, 1.82) is 0 Å². The van der Waals surface area contributed by atoms with Crippen LogP contribution in [0.1, 0.15) is 12.0 Å². The van der Waals surface area contributed by atoms with Gasteiger partial charge in [0.1, 0.15) is 13.2 Å². The number of benzene rings is 2. The molecule has 0 radical (unpaired) electrons. The van der Waals surface area contributed by atoms with E-state index in [9.17, 15) is 13.2 Å². The molecule has 2 heterocycles. The zero-order valence-electron chi connectivity index (χ0n) is 16.4. The van der Waals surface area contributed by atoms with Gasteiger partial charge in [-0.25, -0.2) is 8.42 Å². The highest BCUT2D eigenvalue weighted by atomic mass is 79.9. The molecule has 0 N–H and O–H groups in total. The van der Waals surface area contributed by atoms with Crippen molar-refractivity contribution in [1.82, 2.24) is 9.21 Å². The Morgan fingerprint density at radius 3 is 2.40 bits per heavy atom. The summed E-state index contributed by atoms with van der Waals surface area (Å²) < 4.78 is 38.9. The molecule has 0 bridgehead atoms. The van der Waals surface area contributed by atoms with Crippen LogP contribution in [0.4, 0.5) is 0 Å². The summed E-state index contributed by atoms with van der Waals surface area (Å²) in [6.07, 6.45) is 0.974. The van der Waals surface area contributed by atoms with E-state index in [0.717, 1.165) is 17.1 Å². The number of sulfonamides is 1. The van der Waals surface area contributed by atoms with Crippen molar-refractivity contribution in [3.63, 3.8) is 0 Å². The minimum Gasteiger partial charge on any atom is -0.486 e. The van der Waals surface area contributed by atoms with E-state index < -0.39 is 10.0 Å². The third kappa shape index (κ3) is 4.48. The molecular formula is C21H23BrN2O5S. The average Bonchev–Trinajstić information content (AvgIpc) is 2.77. The van der Waals surface area contributed by atoms with Crippen molar-refractivity contribution in [2.45, 2.75) is 17.7 Å². The summed E-state index contributed by atoms with van der Waals surface area (Å²) in [5.74, 6) is 1.48. The van der Waals surface area contributed by atoms with Gasteiger partial charge in [0.05, 0.1) is 4.90 Å². The number of piperazine rings is 1. The SMILES string of the molecule is O=C(CCc1ccc2c(c1)OCCO2)N1CCN(S(=O)(=O)c2ccccc2Br)CC1. The van der Waals surface area contributed by atoms with Gasteiger partial charge in [0.25, 0.3) is 0 Å². The molecule has 0 saturated carbocycles. The lowest BCUT2D eigenvalue weighted by Crippen LogP contribution is -2.50. The van der Waals surface area contributed by atoms with E-state index in [1.54, 1.807) is 29.2 Å². The smallest absolute Gasteiger partial charge is 0.244 e. The number of halogens is 1. The van der Waals surface area contributed by atoms with Crippen molar-refractivity contribution in [2.24, 2.45) is 0 Å². The number of nitrogens with zero attached hydrogens (tertiary/aromatic N) is 2. The zero-order valence-corrected chi connectivity index (χ0v) is 18.8. The number of hydrogen-bond donors (Lipinski definition) is 0. The van der Waals surface area contributed by atoms with Gasteiger partial charge < -0.3 is 14.4 Å². The van der Waals surface area contributed by atoms with E-state index in [2.05, 4.69) is 15.9 Å². The number of rotatable bonds is 5. The number of aryl methyl sites for hydroxylation is 1. The Bertz CT molecular complexity index is 1040. The first-order valence-corrected chi connectivity index (χ1v) is 12.1. The quantitative estimate of drug-likeness (QED) is 0.638. The molecule has 30 heavy (non-hydrogen) atoms. The second-order valence-electron chi connectivity index (χ2n) is 7.19. The molecule has 1 amide bonds. The fourth-order valence-electron chi connectivity index (χ4n) is 3.62. The zero-order chi connectivity index (χ0) is 21.1. The highest BCUT2D eigenvalue weighted by Gasteiger charge is 2.31. The van der Waals surface area contributed by atoms with E-state index in [1.165, 1.54) is 4.31 Å².